The summed E-state index contributed by atoms with van der Waals surface area (Å²) in [5.41, 5.74) is -1.45. The van der Waals surface area contributed by atoms with Gasteiger partial charge in [0.15, 0.2) is 5.60 Å². The van der Waals surface area contributed by atoms with Gasteiger partial charge in [-0.05, 0) is 33.7 Å². The zero-order valence-corrected chi connectivity index (χ0v) is 11.2. The SMILES string of the molecule is COC(=O)C(C)(O)CNCC(C)N(C)C1CC1. The van der Waals surface area contributed by atoms with Crippen molar-refractivity contribution in [3.63, 3.8) is 0 Å². The highest BCUT2D eigenvalue weighted by molar-refractivity contribution is 5.78. The molecule has 1 rings (SSSR count). The Kier molecular flexibility index (Phi) is 4.91. The van der Waals surface area contributed by atoms with Crippen molar-refractivity contribution in [3.8, 4) is 0 Å². The van der Waals surface area contributed by atoms with E-state index in [2.05, 4.69) is 28.9 Å². The molecule has 2 atom stereocenters. The first-order valence-electron chi connectivity index (χ1n) is 6.12. The molecule has 1 fully saturated rings. The van der Waals surface area contributed by atoms with Crippen molar-refractivity contribution in [1.82, 2.24) is 10.2 Å². The molecule has 0 radical (unpaired) electrons. The van der Waals surface area contributed by atoms with E-state index in [4.69, 9.17) is 0 Å². The summed E-state index contributed by atoms with van der Waals surface area (Å²) in [5.74, 6) is -0.604. The van der Waals surface area contributed by atoms with Crippen LogP contribution >= 0.6 is 0 Å². The van der Waals surface area contributed by atoms with Crippen molar-refractivity contribution in [2.45, 2.75) is 44.4 Å². The van der Waals surface area contributed by atoms with Crippen LogP contribution < -0.4 is 5.32 Å². The smallest absolute Gasteiger partial charge is 0.338 e. The third-order valence-corrected chi connectivity index (χ3v) is 3.35. The van der Waals surface area contributed by atoms with Crippen LogP contribution in [0.1, 0.15) is 26.7 Å². The van der Waals surface area contributed by atoms with Crippen molar-refractivity contribution in [1.29, 1.82) is 0 Å². The van der Waals surface area contributed by atoms with E-state index in [-0.39, 0.29) is 6.54 Å². The van der Waals surface area contributed by atoms with Gasteiger partial charge < -0.3 is 15.2 Å². The van der Waals surface area contributed by atoms with Gasteiger partial charge in [0.1, 0.15) is 0 Å². The highest BCUT2D eigenvalue weighted by Crippen LogP contribution is 2.26. The average molecular weight is 244 g/mol. The summed E-state index contributed by atoms with van der Waals surface area (Å²) in [6, 6.07) is 1.11. The lowest BCUT2D eigenvalue weighted by molar-refractivity contribution is -0.159. The number of esters is 1. The highest BCUT2D eigenvalue weighted by Gasteiger charge is 2.32. The maximum Gasteiger partial charge on any atom is 0.338 e. The molecular weight excluding hydrogens is 220 g/mol. The molecule has 0 bridgehead atoms. The van der Waals surface area contributed by atoms with Crippen LogP contribution in [0, 0.1) is 0 Å². The van der Waals surface area contributed by atoms with Gasteiger partial charge in [-0.15, -0.1) is 0 Å². The summed E-state index contributed by atoms with van der Waals surface area (Å²) in [7, 11) is 3.39. The Balaban J connectivity index is 2.24. The van der Waals surface area contributed by atoms with E-state index in [9.17, 15) is 9.90 Å². The molecule has 1 aliphatic rings. The summed E-state index contributed by atoms with van der Waals surface area (Å²) in [6.07, 6.45) is 2.56. The van der Waals surface area contributed by atoms with Crippen LogP contribution in [-0.4, -0.2) is 60.9 Å². The second-order valence-electron chi connectivity index (χ2n) is 5.14. The Morgan fingerprint density at radius 3 is 2.71 bits per heavy atom. The number of likely N-dealkylation sites (N-methyl/N-ethyl adjacent to an activating group) is 1. The van der Waals surface area contributed by atoms with Gasteiger partial charge in [0, 0.05) is 25.2 Å². The number of hydrogen-bond donors (Lipinski definition) is 2. The third kappa shape index (κ3) is 4.26. The van der Waals surface area contributed by atoms with Crippen LogP contribution in [0.15, 0.2) is 0 Å². The summed E-state index contributed by atoms with van der Waals surface area (Å²) in [4.78, 5) is 13.6. The Bertz CT molecular complexity index is 264. The predicted octanol–water partition coefficient (Wildman–Crippen LogP) is -0.0173. The lowest BCUT2D eigenvalue weighted by Gasteiger charge is -2.27. The van der Waals surface area contributed by atoms with Gasteiger partial charge in [0.2, 0.25) is 0 Å². The fraction of sp³-hybridized carbons (Fsp3) is 0.917. The lowest BCUT2D eigenvalue weighted by atomic mass is 10.1. The van der Waals surface area contributed by atoms with Gasteiger partial charge in [-0.3, -0.25) is 4.90 Å². The van der Waals surface area contributed by atoms with Gasteiger partial charge in [0.25, 0.3) is 0 Å². The molecule has 0 spiro atoms. The van der Waals surface area contributed by atoms with Gasteiger partial charge in [-0.25, -0.2) is 4.79 Å². The lowest BCUT2D eigenvalue weighted by Crippen LogP contribution is -2.48. The Morgan fingerprint density at radius 2 is 2.24 bits per heavy atom. The Hall–Kier alpha value is -0.650. The normalized spacial score (nSPS) is 21.1. The van der Waals surface area contributed by atoms with Crippen LogP contribution in [0.25, 0.3) is 0 Å². The largest absolute Gasteiger partial charge is 0.467 e. The summed E-state index contributed by atoms with van der Waals surface area (Å²) < 4.78 is 4.53. The second kappa shape index (κ2) is 5.80. The molecule has 0 amide bonds. The van der Waals surface area contributed by atoms with Crippen LogP contribution in [0.2, 0.25) is 0 Å². The minimum atomic E-state index is -1.45. The molecule has 1 saturated carbocycles. The van der Waals surface area contributed by atoms with E-state index in [0.29, 0.717) is 12.1 Å². The second-order valence-corrected chi connectivity index (χ2v) is 5.14. The molecule has 5 heteroatoms. The van der Waals surface area contributed by atoms with E-state index in [0.717, 1.165) is 6.54 Å². The summed E-state index contributed by atoms with van der Waals surface area (Å²) in [6.45, 7) is 4.56. The van der Waals surface area contributed by atoms with Gasteiger partial charge in [0.05, 0.1) is 7.11 Å². The van der Waals surface area contributed by atoms with Gasteiger partial charge in [-0.1, -0.05) is 0 Å². The van der Waals surface area contributed by atoms with Crippen LogP contribution in [0.3, 0.4) is 0 Å². The zero-order chi connectivity index (χ0) is 13.1. The average Bonchev–Trinajstić information content (AvgIpc) is 3.10. The molecule has 1 aliphatic carbocycles. The van der Waals surface area contributed by atoms with Crippen LogP contribution in [-0.2, 0) is 9.53 Å². The molecule has 0 aromatic carbocycles. The van der Waals surface area contributed by atoms with Gasteiger partial charge in [-0.2, -0.15) is 0 Å². The number of aliphatic hydroxyl groups is 1. The number of ether oxygens (including phenoxy) is 1. The number of rotatable bonds is 7. The van der Waals surface area contributed by atoms with Crippen molar-refractivity contribution in [2.75, 3.05) is 27.2 Å². The first-order chi connectivity index (χ1) is 7.88. The monoisotopic (exact) mass is 244 g/mol. The number of methoxy groups -OCH3 is 1. The molecular formula is C12H24N2O3. The molecule has 17 heavy (non-hydrogen) atoms. The number of hydrogen-bond acceptors (Lipinski definition) is 5. The number of nitrogens with zero attached hydrogens (tertiary/aromatic N) is 1. The molecule has 0 heterocycles. The molecule has 0 aromatic heterocycles. The van der Waals surface area contributed by atoms with E-state index < -0.39 is 11.6 Å². The molecule has 5 nitrogen and oxygen atoms in total. The number of carbonyl (C=O) groups excluding carboxylic acids is 1. The van der Waals surface area contributed by atoms with Crippen molar-refractivity contribution < 1.29 is 14.6 Å². The number of nitrogens with one attached hydrogen (secondary N) is 1. The van der Waals surface area contributed by atoms with E-state index in [1.807, 2.05) is 0 Å². The van der Waals surface area contributed by atoms with E-state index >= 15 is 0 Å². The molecule has 0 saturated heterocycles. The maximum atomic E-state index is 11.2. The first kappa shape index (κ1) is 14.4. The van der Waals surface area contributed by atoms with Crippen molar-refractivity contribution in [3.05, 3.63) is 0 Å². The standard InChI is InChI=1S/C12H24N2O3/c1-9(14(3)10-5-6-10)7-13-8-12(2,16)11(15)17-4/h9-10,13,16H,5-8H2,1-4H3. The topological polar surface area (TPSA) is 61.8 Å². The maximum absolute atomic E-state index is 11.2. The minimum absolute atomic E-state index is 0.211. The predicted molar refractivity (Wildman–Crippen MR) is 65.8 cm³/mol. The quantitative estimate of drug-likeness (QED) is 0.616. The Labute approximate surface area is 103 Å². The highest BCUT2D eigenvalue weighted by atomic mass is 16.5. The number of carbonyl (C=O) groups is 1. The van der Waals surface area contributed by atoms with Crippen molar-refractivity contribution in [2.24, 2.45) is 0 Å². The van der Waals surface area contributed by atoms with Crippen molar-refractivity contribution >= 4 is 5.97 Å². The molecule has 0 aliphatic heterocycles. The summed E-state index contributed by atoms with van der Waals surface area (Å²) in [5, 5.41) is 12.9. The molecule has 100 valence electrons. The fourth-order valence-electron chi connectivity index (χ4n) is 1.80. The molecule has 2 N–H and O–H groups in total. The fourth-order valence-corrected chi connectivity index (χ4v) is 1.80. The molecule has 0 aromatic rings. The molecule has 2 unspecified atom stereocenters. The summed E-state index contributed by atoms with van der Waals surface area (Å²) >= 11 is 0. The van der Waals surface area contributed by atoms with Crippen LogP contribution in [0.4, 0.5) is 0 Å². The van der Waals surface area contributed by atoms with E-state index in [1.54, 1.807) is 0 Å². The third-order valence-electron chi connectivity index (χ3n) is 3.35. The van der Waals surface area contributed by atoms with Gasteiger partial charge >= 0.3 is 5.97 Å². The Morgan fingerprint density at radius 1 is 1.65 bits per heavy atom. The van der Waals surface area contributed by atoms with E-state index in [1.165, 1.54) is 26.9 Å². The zero-order valence-electron chi connectivity index (χ0n) is 11.2. The minimum Gasteiger partial charge on any atom is -0.467 e. The van der Waals surface area contributed by atoms with Crippen LogP contribution in [0.5, 0.6) is 0 Å². The first-order valence-corrected chi connectivity index (χ1v) is 6.12.